The first-order valence-corrected chi connectivity index (χ1v) is 7.84. The number of hydrogen-bond acceptors (Lipinski definition) is 2. The van der Waals surface area contributed by atoms with Gasteiger partial charge in [-0.2, -0.15) is 0 Å². The normalized spacial score (nSPS) is 10.9. The van der Waals surface area contributed by atoms with Crippen LogP contribution in [0, 0.1) is 3.70 Å². The van der Waals surface area contributed by atoms with E-state index < -0.39 is 0 Å². The predicted molar refractivity (Wildman–Crippen MR) is 76.8 cm³/mol. The van der Waals surface area contributed by atoms with Gasteiger partial charge in [-0.05, 0) is 0 Å². The molecule has 0 radical (unpaired) electrons. The topological polar surface area (TPSA) is 26.5 Å². The summed E-state index contributed by atoms with van der Waals surface area (Å²) >= 11 is 2.67. The van der Waals surface area contributed by atoms with E-state index in [2.05, 4.69) is 44.1 Å². The molecule has 0 aliphatic rings. The fourth-order valence-corrected chi connectivity index (χ4v) is 5.38. The summed E-state index contributed by atoms with van der Waals surface area (Å²) in [6.07, 6.45) is 3.88. The number of imidazole rings is 1. The summed E-state index contributed by atoms with van der Waals surface area (Å²) < 4.78 is 11.2. The predicted octanol–water partition coefficient (Wildman–Crippen LogP) is 2.67. The maximum atomic E-state index is 5.27. The van der Waals surface area contributed by atoms with Crippen molar-refractivity contribution in [3.8, 4) is 15.8 Å². The molecule has 0 saturated heterocycles. The summed E-state index contributed by atoms with van der Waals surface area (Å²) in [4.78, 5) is 4.38. The summed E-state index contributed by atoms with van der Waals surface area (Å²) in [5.74, 6) is 0.902. The van der Waals surface area contributed by atoms with Gasteiger partial charge in [-0.3, -0.25) is 0 Å². The van der Waals surface area contributed by atoms with E-state index in [4.69, 9.17) is 4.74 Å². The van der Waals surface area contributed by atoms with Gasteiger partial charge < -0.3 is 0 Å². The van der Waals surface area contributed by atoms with E-state index in [1.807, 2.05) is 24.5 Å². The van der Waals surface area contributed by atoms with Gasteiger partial charge in [-0.25, -0.2) is 0 Å². The van der Waals surface area contributed by atoms with Gasteiger partial charge in [0.25, 0.3) is 0 Å². The zero-order valence-corrected chi connectivity index (χ0v) is 12.9. The van der Waals surface area contributed by atoms with Crippen LogP contribution in [0.2, 0.25) is 0 Å². The van der Waals surface area contributed by atoms with Crippen LogP contribution in [0.15, 0.2) is 36.7 Å². The van der Waals surface area contributed by atoms with Gasteiger partial charge in [0, 0.05) is 0 Å². The average Bonchev–Trinajstić information content (AvgIpc) is 2.93. The third-order valence-electron chi connectivity index (χ3n) is 2.53. The van der Waals surface area contributed by atoms with Crippen LogP contribution in [-0.2, 0) is 0 Å². The molecule has 86 valence electrons. The Morgan fingerprint density at radius 2 is 2.29 bits per heavy atom. The van der Waals surface area contributed by atoms with Crippen LogP contribution in [0.4, 0.5) is 0 Å². The molecule has 1 aromatic carbocycles. The second kappa shape index (κ2) is 4.48. The third kappa shape index (κ3) is 1.92. The van der Waals surface area contributed by atoms with Crippen molar-refractivity contribution in [3.63, 3.8) is 0 Å². The van der Waals surface area contributed by atoms with Crippen LogP contribution in [-0.4, -0.2) is 31.0 Å². The molecule has 3 rings (SSSR count). The molecule has 0 N–H and O–H groups in total. The molecule has 2 aromatic heterocycles. The van der Waals surface area contributed by atoms with E-state index in [1.54, 1.807) is 7.11 Å². The van der Waals surface area contributed by atoms with E-state index in [1.165, 1.54) is 18.2 Å². The zero-order valence-electron chi connectivity index (χ0n) is 9.05. The summed E-state index contributed by atoms with van der Waals surface area (Å²) in [5.41, 5.74) is 1.24. The molecular weight excluding hydrogens is 394 g/mol. The second-order valence-electron chi connectivity index (χ2n) is 3.53. The molecule has 0 unspecified atom stereocenters. The van der Waals surface area contributed by atoms with Gasteiger partial charge in [0.15, 0.2) is 0 Å². The molecule has 0 saturated carbocycles. The molecule has 3 aromatic rings. The number of methoxy groups -OCH3 is 1. The monoisotopic (exact) mass is 404 g/mol. The minimum absolute atomic E-state index is 0.284. The third-order valence-corrected chi connectivity index (χ3v) is 6.76. The average molecular weight is 403 g/mol. The first-order valence-electron chi connectivity index (χ1n) is 5.05. The molecule has 0 bridgehead atoms. The van der Waals surface area contributed by atoms with Crippen LogP contribution in [0.1, 0.15) is 0 Å². The molecular formula is C12H9IN2OSe. The maximum absolute atomic E-state index is 5.27. The van der Waals surface area contributed by atoms with Crippen molar-refractivity contribution in [2.24, 2.45) is 0 Å². The van der Waals surface area contributed by atoms with Crippen LogP contribution in [0.3, 0.4) is 0 Å². The van der Waals surface area contributed by atoms with E-state index in [0.717, 1.165) is 5.75 Å². The Morgan fingerprint density at radius 1 is 1.41 bits per heavy atom. The molecule has 17 heavy (non-hydrogen) atoms. The summed E-state index contributed by atoms with van der Waals surface area (Å²) in [5, 5.41) is 0. The Morgan fingerprint density at radius 3 is 3.06 bits per heavy atom. The number of halogens is 1. The number of benzene rings is 1. The Balaban J connectivity index is 2.19. The molecule has 0 aliphatic heterocycles. The van der Waals surface area contributed by atoms with Crippen LogP contribution in [0.25, 0.3) is 14.5 Å². The minimum atomic E-state index is 0.284. The SMILES string of the molecule is COc1cccc(-c2[se]c3nccn3c2I)c1. The zero-order chi connectivity index (χ0) is 11.8. The fourth-order valence-electron chi connectivity index (χ4n) is 1.70. The molecule has 0 spiro atoms. The van der Waals surface area contributed by atoms with Gasteiger partial charge in [0.05, 0.1) is 0 Å². The van der Waals surface area contributed by atoms with Gasteiger partial charge in [0.1, 0.15) is 0 Å². The van der Waals surface area contributed by atoms with Gasteiger partial charge in [0.2, 0.25) is 0 Å². The van der Waals surface area contributed by atoms with Crippen molar-refractivity contribution < 1.29 is 4.74 Å². The summed E-state index contributed by atoms with van der Waals surface area (Å²) in [6.45, 7) is 0. The van der Waals surface area contributed by atoms with E-state index in [0.29, 0.717) is 0 Å². The van der Waals surface area contributed by atoms with Crippen LogP contribution in [0.5, 0.6) is 5.75 Å². The van der Waals surface area contributed by atoms with Gasteiger partial charge in [-0.15, -0.1) is 0 Å². The number of hydrogen-bond donors (Lipinski definition) is 0. The van der Waals surface area contributed by atoms with E-state index in [9.17, 15) is 0 Å². The molecule has 3 nitrogen and oxygen atoms in total. The Hall–Kier alpha value is -0.781. The number of rotatable bonds is 2. The van der Waals surface area contributed by atoms with E-state index >= 15 is 0 Å². The summed E-state index contributed by atoms with van der Waals surface area (Å²) in [6, 6.07) is 8.21. The van der Waals surface area contributed by atoms with Crippen molar-refractivity contribution in [2.45, 2.75) is 0 Å². The molecule has 2 heterocycles. The number of nitrogens with zero attached hydrogens (tertiary/aromatic N) is 2. The Kier molecular flexibility index (Phi) is 2.98. The fraction of sp³-hybridized carbons (Fsp3) is 0.0833. The molecule has 0 aliphatic carbocycles. The van der Waals surface area contributed by atoms with Crippen molar-refractivity contribution in [1.29, 1.82) is 0 Å². The molecule has 0 amide bonds. The molecule has 0 fully saturated rings. The van der Waals surface area contributed by atoms with Crippen molar-refractivity contribution >= 4 is 41.6 Å². The second-order valence-corrected chi connectivity index (χ2v) is 6.61. The standard InChI is InChI=1S/C12H9IN2OSe/c1-16-9-4-2-3-8(7-9)10-11(13)15-6-5-14-12(15)17-10/h2-7H,1H3. The number of fused-ring (bicyclic) bond motifs is 1. The summed E-state index contributed by atoms with van der Waals surface area (Å²) in [7, 11) is 1.70. The quantitative estimate of drug-likeness (QED) is 0.486. The number of ether oxygens (including phenoxy) is 1. The van der Waals surface area contributed by atoms with Crippen molar-refractivity contribution in [3.05, 3.63) is 40.4 Å². The Labute approximate surface area is 118 Å². The number of aromatic nitrogens is 2. The first kappa shape index (κ1) is 11.3. The van der Waals surface area contributed by atoms with Gasteiger partial charge >= 0.3 is 119 Å². The molecule has 5 heteroatoms. The van der Waals surface area contributed by atoms with Crippen molar-refractivity contribution in [2.75, 3.05) is 7.11 Å². The first-order chi connectivity index (χ1) is 8.29. The molecule has 0 atom stereocenters. The van der Waals surface area contributed by atoms with Crippen molar-refractivity contribution in [1.82, 2.24) is 9.38 Å². The van der Waals surface area contributed by atoms with Crippen LogP contribution < -0.4 is 4.74 Å². The van der Waals surface area contributed by atoms with Gasteiger partial charge in [-0.1, -0.05) is 0 Å². The van der Waals surface area contributed by atoms with Crippen LogP contribution >= 0.6 is 22.6 Å². The Bertz CT molecular complexity index is 674. The van der Waals surface area contributed by atoms with E-state index in [-0.39, 0.29) is 14.5 Å².